The molecule has 1 aliphatic carbocycles. The van der Waals surface area contributed by atoms with E-state index in [0.717, 1.165) is 13.1 Å². The van der Waals surface area contributed by atoms with Crippen LogP contribution in [0.4, 0.5) is 0 Å². The van der Waals surface area contributed by atoms with E-state index in [-0.39, 0.29) is 5.54 Å². The molecule has 140 valence electrons. The van der Waals surface area contributed by atoms with E-state index < -0.39 is 0 Å². The molecule has 2 fully saturated rings. The molecule has 1 amide bonds. The highest BCUT2D eigenvalue weighted by molar-refractivity contribution is 7.10. The maximum absolute atomic E-state index is 12.5. The molecule has 1 saturated heterocycles. The number of thiophene rings is 1. The highest BCUT2D eigenvalue weighted by atomic mass is 32.1. The first-order valence-corrected chi connectivity index (χ1v) is 10.7. The molecule has 3 rings (SSSR count). The van der Waals surface area contributed by atoms with Crippen LogP contribution in [0, 0.1) is 18.3 Å². The zero-order chi connectivity index (χ0) is 18.2. The van der Waals surface area contributed by atoms with Crippen molar-refractivity contribution in [2.75, 3.05) is 27.2 Å². The van der Waals surface area contributed by atoms with Crippen LogP contribution >= 0.6 is 11.3 Å². The predicted octanol–water partition coefficient (Wildman–Crippen LogP) is 4.65. The lowest BCUT2D eigenvalue weighted by molar-refractivity contribution is -0.131. The van der Waals surface area contributed by atoms with E-state index in [1.807, 2.05) is 11.3 Å². The van der Waals surface area contributed by atoms with Crippen molar-refractivity contribution >= 4 is 17.2 Å². The van der Waals surface area contributed by atoms with Gasteiger partial charge in [0, 0.05) is 24.4 Å². The first kappa shape index (κ1) is 18.9. The Labute approximate surface area is 157 Å². The Hall–Kier alpha value is -0.870. The summed E-state index contributed by atoms with van der Waals surface area (Å²) in [5, 5.41) is 2.24. The highest BCUT2D eigenvalue weighted by Crippen LogP contribution is 2.53. The first-order valence-electron chi connectivity index (χ1n) is 9.78. The van der Waals surface area contributed by atoms with E-state index in [0.29, 0.717) is 23.7 Å². The number of likely N-dealkylation sites (tertiary alicyclic amines) is 1. The van der Waals surface area contributed by atoms with Gasteiger partial charge < -0.3 is 4.90 Å². The summed E-state index contributed by atoms with van der Waals surface area (Å²) < 4.78 is 0. The molecule has 0 aromatic carbocycles. The van der Waals surface area contributed by atoms with Crippen molar-refractivity contribution in [1.29, 1.82) is 0 Å². The minimum atomic E-state index is 0.193. The van der Waals surface area contributed by atoms with Gasteiger partial charge in [-0.3, -0.25) is 9.69 Å². The van der Waals surface area contributed by atoms with Gasteiger partial charge >= 0.3 is 0 Å². The van der Waals surface area contributed by atoms with Crippen molar-refractivity contribution in [3.8, 4) is 0 Å². The zero-order valence-corrected chi connectivity index (χ0v) is 17.4. The van der Waals surface area contributed by atoms with Crippen LogP contribution in [-0.4, -0.2) is 42.9 Å². The van der Waals surface area contributed by atoms with E-state index in [4.69, 9.17) is 0 Å². The van der Waals surface area contributed by atoms with E-state index in [9.17, 15) is 4.79 Å². The zero-order valence-electron chi connectivity index (χ0n) is 16.6. The van der Waals surface area contributed by atoms with Gasteiger partial charge in [-0.15, -0.1) is 11.3 Å². The summed E-state index contributed by atoms with van der Waals surface area (Å²) in [5.41, 5.74) is 2.01. The first-order chi connectivity index (χ1) is 11.8. The number of rotatable bonds is 4. The molecule has 2 heterocycles. The number of hydrogen-bond acceptors (Lipinski definition) is 3. The lowest BCUT2D eigenvalue weighted by Gasteiger charge is -2.48. The topological polar surface area (TPSA) is 23.6 Å². The van der Waals surface area contributed by atoms with Gasteiger partial charge in [0.2, 0.25) is 5.91 Å². The molecule has 3 nitrogen and oxygen atoms in total. The van der Waals surface area contributed by atoms with Crippen molar-refractivity contribution in [2.45, 2.75) is 64.8 Å². The molecular formula is C21H34N2OS. The van der Waals surface area contributed by atoms with Gasteiger partial charge in [-0.1, -0.05) is 13.8 Å². The standard InChI is InChI=1S/C21H34N2OS/c1-16(2)14-18(24)23-12-11-20(15-23)7-9-21(10-8-20,22(4)5)19-17(3)6-13-25-19/h6,13,16H,7-12,14-15H2,1-5H3. The second kappa shape index (κ2) is 7.03. The molecule has 4 heteroatoms. The third-order valence-electron chi connectivity index (χ3n) is 6.65. The molecule has 25 heavy (non-hydrogen) atoms. The Morgan fingerprint density at radius 3 is 2.44 bits per heavy atom. The maximum Gasteiger partial charge on any atom is 0.222 e. The molecule has 0 unspecified atom stereocenters. The number of nitrogens with zero attached hydrogens (tertiary/aromatic N) is 2. The largest absolute Gasteiger partial charge is 0.342 e. The molecular weight excluding hydrogens is 328 g/mol. The van der Waals surface area contributed by atoms with Crippen LogP contribution in [0.5, 0.6) is 0 Å². The molecule has 0 bridgehead atoms. The highest BCUT2D eigenvalue weighted by Gasteiger charge is 2.49. The van der Waals surface area contributed by atoms with Crippen LogP contribution in [0.3, 0.4) is 0 Å². The van der Waals surface area contributed by atoms with Gasteiger partial charge in [0.1, 0.15) is 0 Å². The fraction of sp³-hybridized carbons (Fsp3) is 0.762. The summed E-state index contributed by atoms with van der Waals surface area (Å²) in [7, 11) is 4.48. The molecule has 0 atom stereocenters. The maximum atomic E-state index is 12.5. The third kappa shape index (κ3) is 3.52. The number of amides is 1. The van der Waals surface area contributed by atoms with Crippen LogP contribution < -0.4 is 0 Å². The van der Waals surface area contributed by atoms with Gasteiger partial charge in [0.05, 0.1) is 5.54 Å². The summed E-state index contributed by atoms with van der Waals surface area (Å²) in [6.45, 7) is 8.49. The predicted molar refractivity (Wildman–Crippen MR) is 106 cm³/mol. The Balaban J connectivity index is 1.71. The normalized spacial score (nSPS) is 30.0. The summed E-state index contributed by atoms with van der Waals surface area (Å²) in [6.07, 6.45) is 6.82. The fourth-order valence-electron chi connectivity index (χ4n) is 4.96. The molecule has 1 aromatic heterocycles. The Kier molecular flexibility index (Phi) is 5.32. The number of carbonyl (C=O) groups is 1. The Morgan fingerprint density at radius 2 is 1.92 bits per heavy atom. The van der Waals surface area contributed by atoms with Gasteiger partial charge in [0.15, 0.2) is 0 Å². The molecule has 1 saturated carbocycles. The summed E-state index contributed by atoms with van der Waals surface area (Å²) in [6, 6.07) is 2.26. The lowest BCUT2D eigenvalue weighted by atomic mass is 9.65. The summed E-state index contributed by atoms with van der Waals surface area (Å²) >= 11 is 1.92. The average Bonchev–Trinajstić information content (AvgIpc) is 3.15. The molecule has 2 aliphatic rings. The lowest BCUT2D eigenvalue weighted by Crippen LogP contribution is -2.47. The van der Waals surface area contributed by atoms with Crippen molar-refractivity contribution < 1.29 is 4.79 Å². The van der Waals surface area contributed by atoms with Crippen molar-refractivity contribution in [1.82, 2.24) is 9.80 Å². The van der Waals surface area contributed by atoms with Crippen LogP contribution in [0.15, 0.2) is 11.4 Å². The number of carbonyl (C=O) groups excluding carboxylic acids is 1. The molecule has 0 N–H and O–H groups in total. The van der Waals surface area contributed by atoms with Crippen LogP contribution in [0.1, 0.15) is 62.8 Å². The van der Waals surface area contributed by atoms with E-state index in [1.165, 1.54) is 37.7 Å². The van der Waals surface area contributed by atoms with Crippen molar-refractivity contribution in [3.05, 3.63) is 21.9 Å². The summed E-state index contributed by atoms with van der Waals surface area (Å²) in [5.74, 6) is 0.823. The quantitative estimate of drug-likeness (QED) is 0.778. The van der Waals surface area contributed by atoms with Gasteiger partial charge in [-0.05, 0) is 81.5 Å². The average molecular weight is 363 g/mol. The van der Waals surface area contributed by atoms with Crippen LogP contribution in [0.25, 0.3) is 0 Å². The van der Waals surface area contributed by atoms with Gasteiger partial charge in [0.25, 0.3) is 0 Å². The Bertz CT molecular complexity index is 611. The molecule has 1 spiro atoms. The third-order valence-corrected chi connectivity index (χ3v) is 7.86. The van der Waals surface area contributed by atoms with Gasteiger partial charge in [-0.25, -0.2) is 0 Å². The second-order valence-electron chi connectivity index (χ2n) is 9.02. The molecule has 0 radical (unpaired) electrons. The SMILES string of the molecule is Cc1ccsc1C1(N(C)C)CCC2(CCN(C(=O)CC(C)C)C2)CC1. The van der Waals surface area contributed by atoms with E-state index in [2.05, 4.69) is 56.1 Å². The van der Waals surface area contributed by atoms with E-state index in [1.54, 1.807) is 4.88 Å². The monoisotopic (exact) mass is 362 g/mol. The summed E-state index contributed by atoms with van der Waals surface area (Å²) in [4.78, 5) is 18.6. The number of aryl methyl sites for hydroxylation is 1. The fourth-order valence-corrected chi connectivity index (χ4v) is 6.22. The van der Waals surface area contributed by atoms with Gasteiger partial charge in [-0.2, -0.15) is 0 Å². The smallest absolute Gasteiger partial charge is 0.222 e. The van der Waals surface area contributed by atoms with Crippen molar-refractivity contribution in [3.63, 3.8) is 0 Å². The molecule has 1 aromatic rings. The molecule has 1 aliphatic heterocycles. The number of hydrogen-bond donors (Lipinski definition) is 0. The van der Waals surface area contributed by atoms with Crippen LogP contribution in [-0.2, 0) is 10.3 Å². The minimum Gasteiger partial charge on any atom is -0.342 e. The second-order valence-corrected chi connectivity index (χ2v) is 9.94. The minimum absolute atomic E-state index is 0.193. The van der Waals surface area contributed by atoms with E-state index >= 15 is 0 Å². The van der Waals surface area contributed by atoms with Crippen LogP contribution in [0.2, 0.25) is 0 Å². The van der Waals surface area contributed by atoms with Crippen molar-refractivity contribution in [2.24, 2.45) is 11.3 Å². The Morgan fingerprint density at radius 1 is 1.24 bits per heavy atom.